The van der Waals surface area contributed by atoms with Crippen LogP contribution in [0, 0.1) is 5.92 Å². The van der Waals surface area contributed by atoms with Crippen LogP contribution in [0.3, 0.4) is 0 Å². The van der Waals surface area contributed by atoms with E-state index in [4.69, 9.17) is 4.74 Å². The van der Waals surface area contributed by atoms with Crippen molar-refractivity contribution in [1.29, 1.82) is 0 Å². The number of ether oxygens (including phenoxy) is 1. The molecule has 0 saturated heterocycles. The van der Waals surface area contributed by atoms with Crippen molar-refractivity contribution in [3.8, 4) is 0 Å². The van der Waals surface area contributed by atoms with Crippen LogP contribution in [-0.4, -0.2) is 19.2 Å². The lowest BCUT2D eigenvalue weighted by molar-refractivity contribution is 0.133. The molecule has 0 aromatic heterocycles. The van der Waals surface area contributed by atoms with E-state index >= 15 is 0 Å². The van der Waals surface area contributed by atoms with Crippen LogP contribution in [0.2, 0.25) is 0 Å². The van der Waals surface area contributed by atoms with Gasteiger partial charge >= 0.3 is 6.09 Å². The molecule has 3 nitrogen and oxygen atoms in total. The van der Waals surface area contributed by atoms with E-state index in [0.717, 1.165) is 19.4 Å². The Balaban J connectivity index is 0. The van der Waals surface area contributed by atoms with E-state index in [1.807, 2.05) is 13.8 Å². The number of rotatable bonds is 6. The second-order valence-corrected chi connectivity index (χ2v) is 4.33. The first-order chi connectivity index (χ1) is 7.58. The SMILES string of the molecule is CCC.CCCCCNC(=O)OCC(C)C. The second kappa shape index (κ2) is 14.3. The Morgan fingerprint density at radius 2 is 1.75 bits per heavy atom. The van der Waals surface area contributed by atoms with Crippen molar-refractivity contribution >= 4 is 6.09 Å². The quantitative estimate of drug-likeness (QED) is 0.702. The molecule has 0 spiro atoms. The van der Waals surface area contributed by atoms with Gasteiger partial charge in [-0.15, -0.1) is 0 Å². The highest BCUT2D eigenvalue weighted by Gasteiger charge is 2.01. The predicted molar refractivity (Wildman–Crippen MR) is 69.7 cm³/mol. The fourth-order valence-corrected chi connectivity index (χ4v) is 0.859. The standard InChI is InChI=1S/C10H21NO2.C3H8/c1-4-5-6-7-11-10(12)13-8-9(2)3;1-3-2/h9H,4-8H2,1-3H3,(H,11,12);3H2,1-2H3. The van der Waals surface area contributed by atoms with Crippen LogP contribution in [-0.2, 0) is 4.74 Å². The number of nitrogens with one attached hydrogen (secondary N) is 1. The van der Waals surface area contributed by atoms with Gasteiger partial charge in [0.1, 0.15) is 0 Å². The van der Waals surface area contributed by atoms with Crippen LogP contribution in [0.5, 0.6) is 0 Å². The number of carbonyl (C=O) groups excluding carboxylic acids is 1. The van der Waals surface area contributed by atoms with Crippen LogP contribution in [0.1, 0.15) is 60.3 Å². The molecule has 0 heterocycles. The molecule has 0 aliphatic carbocycles. The zero-order valence-electron chi connectivity index (χ0n) is 11.6. The van der Waals surface area contributed by atoms with Gasteiger partial charge in [0.2, 0.25) is 0 Å². The third-order valence-corrected chi connectivity index (χ3v) is 1.60. The van der Waals surface area contributed by atoms with E-state index < -0.39 is 0 Å². The lowest BCUT2D eigenvalue weighted by Gasteiger charge is -2.08. The molecule has 98 valence electrons. The molecule has 0 fully saturated rings. The van der Waals surface area contributed by atoms with Gasteiger partial charge in [-0.25, -0.2) is 4.79 Å². The highest BCUT2D eigenvalue weighted by molar-refractivity contribution is 5.66. The normalized spacial score (nSPS) is 9.38. The molecule has 0 aromatic carbocycles. The van der Waals surface area contributed by atoms with Gasteiger partial charge in [-0.1, -0.05) is 53.9 Å². The van der Waals surface area contributed by atoms with Gasteiger partial charge < -0.3 is 10.1 Å². The molecule has 0 aliphatic heterocycles. The van der Waals surface area contributed by atoms with Crippen molar-refractivity contribution in [2.75, 3.05) is 13.2 Å². The van der Waals surface area contributed by atoms with Crippen LogP contribution in [0.15, 0.2) is 0 Å². The van der Waals surface area contributed by atoms with E-state index in [2.05, 4.69) is 26.1 Å². The molecule has 16 heavy (non-hydrogen) atoms. The summed E-state index contributed by atoms with van der Waals surface area (Å²) in [6.07, 6.45) is 4.32. The Labute approximate surface area is 101 Å². The molecular weight excluding hydrogens is 202 g/mol. The summed E-state index contributed by atoms with van der Waals surface area (Å²) < 4.78 is 4.93. The molecule has 0 aliphatic rings. The van der Waals surface area contributed by atoms with Crippen molar-refractivity contribution in [2.45, 2.75) is 60.3 Å². The predicted octanol–water partition coefficient (Wildman–Crippen LogP) is 3.98. The summed E-state index contributed by atoms with van der Waals surface area (Å²) in [6, 6.07) is 0. The Kier molecular flexibility index (Phi) is 15.7. The molecule has 0 rings (SSSR count). The maximum Gasteiger partial charge on any atom is 0.407 e. The van der Waals surface area contributed by atoms with Crippen LogP contribution >= 0.6 is 0 Å². The first kappa shape index (κ1) is 17.7. The summed E-state index contributed by atoms with van der Waals surface area (Å²) in [4.78, 5) is 11.0. The van der Waals surface area contributed by atoms with Crippen molar-refractivity contribution in [1.82, 2.24) is 5.32 Å². The third kappa shape index (κ3) is 18.9. The van der Waals surface area contributed by atoms with E-state index in [1.54, 1.807) is 0 Å². The highest BCUT2D eigenvalue weighted by atomic mass is 16.5. The van der Waals surface area contributed by atoms with E-state index in [0.29, 0.717) is 12.5 Å². The molecular formula is C13H29NO2. The molecule has 0 atom stereocenters. The summed E-state index contributed by atoms with van der Waals surface area (Å²) in [5, 5.41) is 2.71. The minimum Gasteiger partial charge on any atom is -0.449 e. The highest BCUT2D eigenvalue weighted by Crippen LogP contribution is 1.94. The zero-order chi connectivity index (χ0) is 12.8. The van der Waals surface area contributed by atoms with Gasteiger partial charge in [0, 0.05) is 6.54 Å². The fraction of sp³-hybridized carbons (Fsp3) is 0.923. The number of unbranched alkanes of at least 4 members (excludes halogenated alkanes) is 2. The average Bonchev–Trinajstić information content (AvgIpc) is 2.23. The number of amides is 1. The minimum absolute atomic E-state index is 0.287. The summed E-state index contributed by atoms with van der Waals surface area (Å²) in [5.41, 5.74) is 0. The van der Waals surface area contributed by atoms with Gasteiger partial charge in [-0.05, 0) is 12.3 Å². The lowest BCUT2D eigenvalue weighted by atomic mass is 10.2. The lowest BCUT2D eigenvalue weighted by Crippen LogP contribution is -2.26. The summed E-state index contributed by atoms with van der Waals surface area (Å²) in [7, 11) is 0. The monoisotopic (exact) mass is 231 g/mol. The van der Waals surface area contributed by atoms with Crippen molar-refractivity contribution in [3.05, 3.63) is 0 Å². The molecule has 0 radical (unpaired) electrons. The molecule has 3 heteroatoms. The Morgan fingerprint density at radius 1 is 1.19 bits per heavy atom. The fourth-order valence-electron chi connectivity index (χ4n) is 0.859. The smallest absolute Gasteiger partial charge is 0.407 e. The molecule has 0 aromatic rings. The first-order valence-electron chi connectivity index (χ1n) is 6.48. The van der Waals surface area contributed by atoms with Crippen molar-refractivity contribution in [3.63, 3.8) is 0 Å². The molecule has 1 amide bonds. The molecule has 0 saturated carbocycles. The third-order valence-electron chi connectivity index (χ3n) is 1.60. The van der Waals surface area contributed by atoms with E-state index in [-0.39, 0.29) is 6.09 Å². The second-order valence-electron chi connectivity index (χ2n) is 4.33. The average molecular weight is 231 g/mol. The van der Waals surface area contributed by atoms with Crippen LogP contribution < -0.4 is 5.32 Å². The van der Waals surface area contributed by atoms with Crippen molar-refractivity contribution < 1.29 is 9.53 Å². The van der Waals surface area contributed by atoms with Gasteiger partial charge in [0.25, 0.3) is 0 Å². The largest absolute Gasteiger partial charge is 0.449 e. The molecule has 0 bridgehead atoms. The van der Waals surface area contributed by atoms with E-state index in [1.165, 1.54) is 12.8 Å². The number of hydrogen-bond donors (Lipinski definition) is 1. The Bertz CT molecular complexity index is 147. The molecule has 0 unspecified atom stereocenters. The number of alkyl carbamates (subject to hydrolysis) is 1. The van der Waals surface area contributed by atoms with Gasteiger partial charge in [0.05, 0.1) is 6.61 Å². The van der Waals surface area contributed by atoms with Crippen LogP contribution in [0.25, 0.3) is 0 Å². The number of carbonyl (C=O) groups is 1. The maximum atomic E-state index is 11.0. The summed E-state index contributed by atoms with van der Waals surface area (Å²) in [6.45, 7) is 11.6. The first-order valence-corrected chi connectivity index (χ1v) is 6.48. The molecule has 1 N–H and O–H groups in total. The van der Waals surface area contributed by atoms with Gasteiger partial charge in [0.15, 0.2) is 0 Å². The summed E-state index contributed by atoms with van der Waals surface area (Å²) >= 11 is 0. The minimum atomic E-state index is -0.287. The Hall–Kier alpha value is -0.730. The maximum absolute atomic E-state index is 11.0. The zero-order valence-corrected chi connectivity index (χ0v) is 11.6. The van der Waals surface area contributed by atoms with Gasteiger partial charge in [-0.2, -0.15) is 0 Å². The Morgan fingerprint density at radius 3 is 2.19 bits per heavy atom. The van der Waals surface area contributed by atoms with E-state index in [9.17, 15) is 4.79 Å². The number of hydrogen-bond acceptors (Lipinski definition) is 2. The van der Waals surface area contributed by atoms with Crippen molar-refractivity contribution in [2.24, 2.45) is 5.92 Å². The van der Waals surface area contributed by atoms with Crippen LogP contribution in [0.4, 0.5) is 4.79 Å². The summed E-state index contributed by atoms with van der Waals surface area (Å²) in [5.74, 6) is 0.404. The van der Waals surface area contributed by atoms with Gasteiger partial charge in [-0.3, -0.25) is 0 Å². The topological polar surface area (TPSA) is 38.3 Å².